The van der Waals surface area contributed by atoms with E-state index in [4.69, 9.17) is 4.42 Å². The van der Waals surface area contributed by atoms with Crippen molar-refractivity contribution in [2.75, 3.05) is 0 Å². The molecule has 0 amide bonds. The molecule has 2 heterocycles. The second kappa shape index (κ2) is 4.25. The SMILES string of the molecule is c1ccc(-c2cccc3c2cc2oc4ccccc4n23)cc1. The summed E-state index contributed by atoms with van der Waals surface area (Å²) in [7, 11) is 0. The van der Waals surface area contributed by atoms with E-state index in [1.807, 2.05) is 24.3 Å². The molecule has 0 aliphatic carbocycles. The molecule has 0 radical (unpaired) electrons. The molecule has 0 bridgehead atoms. The van der Waals surface area contributed by atoms with Crippen molar-refractivity contribution in [3.8, 4) is 11.1 Å². The minimum absolute atomic E-state index is 0.889. The molecule has 5 aromatic rings. The van der Waals surface area contributed by atoms with E-state index in [9.17, 15) is 0 Å². The molecule has 0 unspecified atom stereocenters. The Balaban J connectivity index is 1.94. The highest BCUT2D eigenvalue weighted by atomic mass is 16.3. The van der Waals surface area contributed by atoms with Crippen molar-refractivity contribution in [2.45, 2.75) is 0 Å². The zero-order valence-corrected chi connectivity index (χ0v) is 11.9. The number of benzene rings is 3. The third-order valence-electron chi connectivity index (χ3n) is 4.22. The summed E-state index contributed by atoms with van der Waals surface area (Å²) in [6, 6.07) is 27.2. The lowest BCUT2D eigenvalue weighted by atomic mass is 10.0. The second-order valence-electron chi connectivity index (χ2n) is 5.49. The summed E-state index contributed by atoms with van der Waals surface area (Å²) in [6.45, 7) is 0. The van der Waals surface area contributed by atoms with Crippen LogP contribution in [0.2, 0.25) is 0 Å². The van der Waals surface area contributed by atoms with E-state index in [-0.39, 0.29) is 0 Å². The maximum Gasteiger partial charge on any atom is 0.205 e. The summed E-state index contributed by atoms with van der Waals surface area (Å²) in [4.78, 5) is 0. The van der Waals surface area contributed by atoms with Gasteiger partial charge in [0.1, 0.15) is 0 Å². The zero-order valence-electron chi connectivity index (χ0n) is 11.9. The largest absolute Gasteiger partial charge is 0.438 e. The van der Waals surface area contributed by atoms with Gasteiger partial charge in [-0.2, -0.15) is 0 Å². The average molecular weight is 283 g/mol. The molecule has 0 atom stereocenters. The normalized spacial score (nSPS) is 11.6. The first-order valence-corrected chi connectivity index (χ1v) is 7.39. The Bertz CT molecular complexity index is 1120. The minimum Gasteiger partial charge on any atom is -0.438 e. The topological polar surface area (TPSA) is 17.6 Å². The van der Waals surface area contributed by atoms with Gasteiger partial charge in [0.25, 0.3) is 0 Å². The summed E-state index contributed by atoms with van der Waals surface area (Å²) in [6.07, 6.45) is 0. The molecule has 3 aromatic carbocycles. The van der Waals surface area contributed by atoms with E-state index in [1.165, 1.54) is 22.0 Å². The molecule has 0 fully saturated rings. The molecule has 0 spiro atoms. The highest BCUT2D eigenvalue weighted by Gasteiger charge is 2.13. The van der Waals surface area contributed by atoms with Crippen LogP contribution in [0, 0.1) is 0 Å². The highest BCUT2D eigenvalue weighted by Crippen LogP contribution is 2.34. The molecular weight excluding hydrogens is 270 g/mol. The van der Waals surface area contributed by atoms with Crippen LogP contribution < -0.4 is 0 Å². The van der Waals surface area contributed by atoms with Gasteiger partial charge in [0, 0.05) is 11.5 Å². The fourth-order valence-corrected chi connectivity index (χ4v) is 3.24. The molecule has 0 aliphatic rings. The average Bonchev–Trinajstić information content (AvgIpc) is 3.11. The van der Waals surface area contributed by atoms with Gasteiger partial charge in [0.05, 0.1) is 11.0 Å². The van der Waals surface area contributed by atoms with Crippen molar-refractivity contribution >= 4 is 27.7 Å². The number of nitrogens with zero attached hydrogens (tertiary/aromatic N) is 1. The van der Waals surface area contributed by atoms with E-state index in [1.54, 1.807) is 0 Å². The lowest BCUT2D eigenvalue weighted by Crippen LogP contribution is -1.82. The van der Waals surface area contributed by atoms with Gasteiger partial charge in [-0.1, -0.05) is 54.6 Å². The molecule has 0 saturated carbocycles. The quantitative estimate of drug-likeness (QED) is 0.397. The maximum atomic E-state index is 5.99. The fraction of sp³-hybridized carbons (Fsp3) is 0. The number of oxazole rings is 1. The maximum absolute atomic E-state index is 5.99. The third-order valence-corrected chi connectivity index (χ3v) is 4.22. The molecule has 2 heteroatoms. The first-order chi connectivity index (χ1) is 10.9. The standard InChI is InChI=1S/C20H13NO/c1-2-7-14(8-3-1)15-9-6-11-17-16(15)13-20-21(17)18-10-4-5-12-19(18)22-20/h1-13H. The van der Waals surface area contributed by atoms with Gasteiger partial charge in [0.2, 0.25) is 5.71 Å². The van der Waals surface area contributed by atoms with Crippen LogP contribution in [0.5, 0.6) is 0 Å². The number of hydrogen-bond donors (Lipinski definition) is 0. The Kier molecular flexibility index (Phi) is 2.25. The summed E-state index contributed by atoms with van der Waals surface area (Å²) in [5.41, 5.74) is 6.56. The summed E-state index contributed by atoms with van der Waals surface area (Å²) >= 11 is 0. The van der Waals surface area contributed by atoms with E-state index in [0.717, 1.165) is 16.8 Å². The lowest BCUT2D eigenvalue weighted by molar-refractivity contribution is 0.657. The van der Waals surface area contributed by atoms with Crippen molar-refractivity contribution in [3.05, 3.63) is 78.9 Å². The van der Waals surface area contributed by atoms with Crippen LogP contribution in [-0.2, 0) is 0 Å². The number of rotatable bonds is 1. The van der Waals surface area contributed by atoms with Gasteiger partial charge >= 0.3 is 0 Å². The number of hydrogen-bond acceptors (Lipinski definition) is 1. The van der Waals surface area contributed by atoms with Crippen LogP contribution in [0.1, 0.15) is 0 Å². The summed E-state index contributed by atoms with van der Waals surface area (Å²) in [5, 5.41) is 1.22. The van der Waals surface area contributed by atoms with Crippen LogP contribution in [0.15, 0.2) is 83.3 Å². The van der Waals surface area contributed by atoms with Gasteiger partial charge in [0.15, 0.2) is 5.58 Å². The predicted octanol–water partition coefficient (Wildman–Crippen LogP) is 5.51. The van der Waals surface area contributed by atoms with Crippen LogP contribution in [0.3, 0.4) is 0 Å². The van der Waals surface area contributed by atoms with Crippen molar-refractivity contribution < 1.29 is 4.42 Å². The van der Waals surface area contributed by atoms with Crippen LogP contribution in [0.25, 0.3) is 38.8 Å². The Morgan fingerprint density at radius 2 is 1.45 bits per heavy atom. The van der Waals surface area contributed by atoms with Gasteiger partial charge in [-0.15, -0.1) is 0 Å². The van der Waals surface area contributed by atoms with Crippen LogP contribution >= 0.6 is 0 Å². The summed E-state index contributed by atoms with van der Waals surface area (Å²) in [5.74, 6) is 0. The monoisotopic (exact) mass is 283 g/mol. The molecule has 5 rings (SSSR count). The smallest absolute Gasteiger partial charge is 0.205 e. The lowest BCUT2D eigenvalue weighted by Gasteiger charge is -2.03. The molecule has 2 aromatic heterocycles. The fourth-order valence-electron chi connectivity index (χ4n) is 3.24. The van der Waals surface area contributed by atoms with Gasteiger partial charge in [-0.25, -0.2) is 0 Å². The molecule has 0 aliphatic heterocycles. The van der Waals surface area contributed by atoms with Crippen molar-refractivity contribution in [1.82, 2.24) is 4.40 Å². The number of fused-ring (bicyclic) bond motifs is 5. The van der Waals surface area contributed by atoms with Gasteiger partial charge in [-0.05, 0) is 29.3 Å². The van der Waals surface area contributed by atoms with Crippen molar-refractivity contribution in [2.24, 2.45) is 0 Å². The second-order valence-corrected chi connectivity index (χ2v) is 5.49. The zero-order chi connectivity index (χ0) is 14.5. The molecule has 0 N–H and O–H groups in total. The van der Waals surface area contributed by atoms with Crippen molar-refractivity contribution in [3.63, 3.8) is 0 Å². The van der Waals surface area contributed by atoms with E-state index in [0.29, 0.717) is 0 Å². The molecule has 0 saturated heterocycles. The Morgan fingerprint density at radius 1 is 0.682 bits per heavy atom. The first-order valence-electron chi connectivity index (χ1n) is 7.39. The molecular formula is C20H13NO. The van der Waals surface area contributed by atoms with E-state index in [2.05, 4.69) is 59.0 Å². The Hall–Kier alpha value is -3.00. The summed E-state index contributed by atoms with van der Waals surface area (Å²) < 4.78 is 8.18. The number of para-hydroxylation sites is 2. The van der Waals surface area contributed by atoms with Gasteiger partial charge < -0.3 is 4.42 Å². The molecule has 104 valence electrons. The number of aromatic nitrogens is 1. The minimum atomic E-state index is 0.889. The Labute approximate surface area is 127 Å². The van der Waals surface area contributed by atoms with Crippen LogP contribution in [-0.4, -0.2) is 4.40 Å². The Morgan fingerprint density at radius 3 is 2.36 bits per heavy atom. The van der Waals surface area contributed by atoms with Crippen LogP contribution in [0.4, 0.5) is 0 Å². The molecule has 2 nitrogen and oxygen atoms in total. The van der Waals surface area contributed by atoms with Gasteiger partial charge in [-0.3, -0.25) is 4.40 Å². The molecule has 22 heavy (non-hydrogen) atoms. The van der Waals surface area contributed by atoms with E-state index >= 15 is 0 Å². The third kappa shape index (κ3) is 1.49. The first kappa shape index (κ1) is 11.6. The predicted molar refractivity (Wildman–Crippen MR) is 90.1 cm³/mol. The highest BCUT2D eigenvalue weighted by molar-refractivity contribution is 6.01. The van der Waals surface area contributed by atoms with E-state index < -0.39 is 0 Å². The van der Waals surface area contributed by atoms with Crippen molar-refractivity contribution in [1.29, 1.82) is 0 Å².